The van der Waals surface area contributed by atoms with Gasteiger partial charge in [-0.05, 0) is 61.9 Å². The summed E-state index contributed by atoms with van der Waals surface area (Å²) in [4.78, 5) is 28.3. The van der Waals surface area contributed by atoms with E-state index in [1.165, 1.54) is 19.0 Å². The van der Waals surface area contributed by atoms with E-state index in [0.717, 1.165) is 30.9 Å². The highest BCUT2D eigenvalue weighted by Gasteiger charge is 2.33. The lowest BCUT2D eigenvalue weighted by Gasteiger charge is -2.33. The molecule has 8 nitrogen and oxygen atoms in total. The molecule has 0 bridgehead atoms. The molecule has 2 aromatic rings. The lowest BCUT2D eigenvalue weighted by molar-refractivity contribution is -0.139. The van der Waals surface area contributed by atoms with Crippen molar-refractivity contribution in [2.75, 3.05) is 31.5 Å². The van der Waals surface area contributed by atoms with Crippen molar-refractivity contribution in [3.8, 4) is 0 Å². The van der Waals surface area contributed by atoms with E-state index in [9.17, 15) is 18.0 Å². The Morgan fingerprint density at radius 1 is 0.944 bits per heavy atom. The van der Waals surface area contributed by atoms with E-state index in [0.29, 0.717) is 12.2 Å². The Morgan fingerprint density at radius 2 is 1.58 bits per heavy atom. The third-order valence-corrected chi connectivity index (χ3v) is 7.91. The number of nitrogens with one attached hydrogen (secondary N) is 1. The summed E-state index contributed by atoms with van der Waals surface area (Å²) < 4.78 is 28.9. The Bertz CT molecular complexity index is 1180. The smallest absolute Gasteiger partial charge is 0.304 e. The van der Waals surface area contributed by atoms with Crippen LogP contribution >= 0.6 is 0 Å². The predicted molar refractivity (Wildman–Crippen MR) is 145 cm³/mol. The lowest BCUT2D eigenvalue weighted by Crippen LogP contribution is -2.52. The minimum atomic E-state index is -3.99. The molecule has 1 N–H and O–H groups in total. The van der Waals surface area contributed by atoms with Crippen LogP contribution in [0.15, 0.2) is 42.5 Å². The summed E-state index contributed by atoms with van der Waals surface area (Å²) in [5, 5.41) is 2.89. The fraction of sp³-hybridized carbons (Fsp3) is 0.481. The summed E-state index contributed by atoms with van der Waals surface area (Å²) in [5.41, 5.74) is 3.91. The number of anilines is 1. The molecule has 198 valence electrons. The molecule has 0 aliphatic heterocycles. The molecule has 0 aliphatic rings. The van der Waals surface area contributed by atoms with Crippen LogP contribution in [0.4, 0.5) is 5.69 Å². The highest BCUT2D eigenvalue weighted by atomic mass is 32.2. The quantitative estimate of drug-likeness (QED) is 0.496. The monoisotopic (exact) mass is 516 g/mol. The number of carbonyl (C=O) groups excluding carboxylic acids is 2. The number of amides is 2. The molecule has 36 heavy (non-hydrogen) atoms. The van der Waals surface area contributed by atoms with Crippen molar-refractivity contribution in [3.63, 3.8) is 0 Å². The summed E-state index contributed by atoms with van der Waals surface area (Å²) in [5.74, 6) is -0.483. The van der Waals surface area contributed by atoms with Crippen molar-refractivity contribution >= 4 is 27.7 Å². The van der Waals surface area contributed by atoms with Crippen LogP contribution in [-0.4, -0.2) is 62.7 Å². The van der Waals surface area contributed by atoms with Crippen molar-refractivity contribution < 1.29 is 18.0 Å². The Kier molecular flexibility index (Phi) is 10.1. The van der Waals surface area contributed by atoms with Crippen LogP contribution in [0.1, 0.15) is 43.0 Å². The van der Waals surface area contributed by atoms with Gasteiger partial charge in [-0.25, -0.2) is 4.31 Å². The standard InChI is InChI=1S/C27H40N4O4S/c1-19(2)16-28-27(33)23(6)30(17-24-12-10-9-11-21(24)4)26(32)18-31(36(34,35)29(7)8)25-15-20(3)13-14-22(25)5/h9-15,19,23H,16-18H2,1-8H3,(H,28,33). The van der Waals surface area contributed by atoms with Crippen LogP contribution in [0.25, 0.3) is 0 Å². The SMILES string of the molecule is Cc1ccc(C)c(N(CC(=O)N(Cc2ccccc2C)C(C)C(=O)NCC(C)C)S(=O)(=O)N(C)C)c1. The van der Waals surface area contributed by atoms with Gasteiger partial charge in [0.1, 0.15) is 12.6 Å². The molecule has 0 saturated carbocycles. The number of hydrogen-bond acceptors (Lipinski definition) is 4. The number of benzene rings is 2. The molecule has 0 heterocycles. The largest absolute Gasteiger partial charge is 0.354 e. The van der Waals surface area contributed by atoms with Gasteiger partial charge >= 0.3 is 10.2 Å². The lowest BCUT2D eigenvalue weighted by atomic mass is 10.1. The van der Waals surface area contributed by atoms with E-state index in [1.54, 1.807) is 13.0 Å². The first-order valence-corrected chi connectivity index (χ1v) is 13.5. The Labute approximate surface area is 216 Å². The molecule has 2 rings (SSSR count). The van der Waals surface area contributed by atoms with Gasteiger partial charge < -0.3 is 10.2 Å². The second-order valence-corrected chi connectivity index (χ2v) is 11.9. The number of hydrogen-bond donors (Lipinski definition) is 1. The number of carbonyl (C=O) groups is 2. The second kappa shape index (κ2) is 12.4. The summed E-state index contributed by atoms with van der Waals surface area (Å²) in [6.45, 7) is 11.5. The van der Waals surface area contributed by atoms with Gasteiger partial charge in [0.2, 0.25) is 11.8 Å². The molecule has 1 unspecified atom stereocenters. The van der Waals surface area contributed by atoms with Crippen LogP contribution in [0.2, 0.25) is 0 Å². The first-order valence-electron chi connectivity index (χ1n) is 12.1. The summed E-state index contributed by atoms with van der Waals surface area (Å²) in [6, 6.07) is 12.3. The first kappa shape index (κ1) is 29.3. The maximum atomic E-state index is 13.8. The average Bonchev–Trinajstić information content (AvgIpc) is 2.81. The van der Waals surface area contributed by atoms with Gasteiger partial charge in [0.25, 0.3) is 0 Å². The topological polar surface area (TPSA) is 90.0 Å². The molecule has 2 amide bonds. The highest BCUT2D eigenvalue weighted by Crippen LogP contribution is 2.26. The minimum absolute atomic E-state index is 0.185. The third kappa shape index (κ3) is 7.30. The molecule has 9 heteroatoms. The first-order chi connectivity index (χ1) is 16.7. The van der Waals surface area contributed by atoms with Gasteiger partial charge in [0.05, 0.1) is 5.69 Å². The van der Waals surface area contributed by atoms with E-state index in [-0.39, 0.29) is 18.4 Å². The van der Waals surface area contributed by atoms with Crippen LogP contribution in [0.5, 0.6) is 0 Å². The van der Waals surface area contributed by atoms with Crippen LogP contribution in [0.3, 0.4) is 0 Å². The molecular formula is C27H40N4O4S. The van der Waals surface area contributed by atoms with Gasteiger partial charge in [-0.15, -0.1) is 0 Å². The second-order valence-electron chi connectivity index (χ2n) is 9.85. The molecule has 0 aromatic heterocycles. The van der Waals surface area contributed by atoms with Crippen LogP contribution in [0, 0.1) is 26.7 Å². The molecular weight excluding hydrogens is 476 g/mol. The van der Waals surface area contributed by atoms with Crippen molar-refractivity contribution in [1.82, 2.24) is 14.5 Å². The number of nitrogens with zero attached hydrogens (tertiary/aromatic N) is 3. The Morgan fingerprint density at radius 3 is 2.17 bits per heavy atom. The van der Waals surface area contributed by atoms with E-state index < -0.39 is 28.7 Å². The van der Waals surface area contributed by atoms with Gasteiger partial charge in [0.15, 0.2) is 0 Å². The molecule has 2 aromatic carbocycles. The molecule has 0 saturated heterocycles. The van der Waals surface area contributed by atoms with Crippen LogP contribution < -0.4 is 9.62 Å². The Hall–Kier alpha value is -2.91. The molecule has 0 spiro atoms. The van der Waals surface area contributed by atoms with E-state index in [2.05, 4.69) is 5.32 Å². The fourth-order valence-corrected chi connectivity index (χ4v) is 4.81. The average molecular weight is 517 g/mol. The maximum absolute atomic E-state index is 13.8. The Balaban J connectivity index is 2.50. The van der Waals surface area contributed by atoms with Crippen molar-refractivity contribution in [2.45, 2.75) is 54.1 Å². The molecule has 1 atom stereocenters. The zero-order chi connectivity index (χ0) is 27.2. The van der Waals surface area contributed by atoms with Crippen LogP contribution in [-0.2, 0) is 26.3 Å². The van der Waals surface area contributed by atoms with Gasteiger partial charge in [-0.1, -0.05) is 50.2 Å². The zero-order valence-corrected chi connectivity index (χ0v) is 23.5. The zero-order valence-electron chi connectivity index (χ0n) is 22.7. The maximum Gasteiger partial charge on any atom is 0.304 e. The van der Waals surface area contributed by atoms with E-state index >= 15 is 0 Å². The highest BCUT2D eigenvalue weighted by molar-refractivity contribution is 7.90. The van der Waals surface area contributed by atoms with Crippen molar-refractivity contribution in [1.29, 1.82) is 0 Å². The molecule has 0 radical (unpaired) electrons. The number of aryl methyl sites for hydroxylation is 3. The summed E-state index contributed by atoms with van der Waals surface area (Å²) in [6.07, 6.45) is 0. The fourth-order valence-electron chi connectivity index (χ4n) is 3.70. The summed E-state index contributed by atoms with van der Waals surface area (Å²) >= 11 is 0. The van der Waals surface area contributed by atoms with Crippen molar-refractivity contribution in [2.24, 2.45) is 5.92 Å². The minimum Gasteiger partial charge on any atom is -0.354 e. The summed E-state index contributed by atoms with van der Waals surface area (Å²) in [7, 11) is -1.12. The molecule has 0 fully saturated rings. The van der Waals surface area contributed by atoms with Crippen molar-refractivity contribution in [3.05, 3.63) is 64.7 Å². The predicted octanol–water partition coefficient (Wildman–Crippen LogP) is 3.41. The molecule has 0 aliphatic carbocycles. The van der Waals surface area contributed by atoms with E-state index in [4.69, 9.17) is 0 Å². The number of rotatable bonds is 11. The van der Waals surface area contributed by atoms with E-state index in [1.807, 2.05) is 71.0 Å². The third-order valence-electron chi connectivity index (χ3n) is 6.11. The van der Waals surface area contributed by atoms with Gasteiger partial charge in [-0.2, -0.15) is 12.7 Å². The van der Waals surface area contributed by atoms with Gasteiger partial charge in [0, 0.05) is 27.2 Å². The normalized spacial score (nSPS) is 12.5. The van der Waals surface area contributed by atoms with Gasteiger partial charge in [-0.3, -0.25) is 9.59 Å².